The van der Waals surface area contributed by atoms with Crippen LogP contribution < -0.4 is 10.6 Å². The molecule has 1 amide bonds. The summed E-state index contributed by atoms with van der Waals surface area (Å²) in [6.45, 7) is 0.814. The number of benzene rings is 1. The Morgan fingerprint density at radius 1 is 1.37 bits per heavy atom. The predicted molar refractivity (Wildman–Crippen MR) is 70.7 cm³/mol. The molecule has 1 aromatic carbocycles. The van der Waals surface area contributed by atoms with Crippen LogP contribution in [0.15, 0.2) is 30.3 Å². The van der Waals surface area contributed by atoms with Crippen molar-refractivity contribution in [1.29, 1.82) is 0 Å². The number of carboxylic acid groups (broad SMARTS) is 1. The summed E-state index contributed by atoms with van der Waals surface area (Å²) in [5, 5.41) is 14.9. The van der Waals surface area contributed by atoms with Gasteiger partial charge in [-0.1, -0.05) is 30.3 Å². The molecular formula is C14H18N2O3. The van der Waals surface area contributed by atoms with Gasteiger partial charge in [0.25, 0.3) is 0 Å². The zero-order valence-corrected chi connectivity index (χ0v) is 10.6. The fourth-order valence-electron chi connectivity index (χ4n) is 2.23. The maximum atomic E-state index is 11.9. The highest BCUT2D eigenvalue weighted by Crippen LogP contribution is 2.07. The fourth-order valence-corrected chi connectivity index (χ4v) is 2.23. The third-order valence-corrected chi connectivity index (χ3v) is 3.27. The van der Waals surface area contributed by atoms with E-state index < -0.39 is 12.0 Å². The van der Waals surface area contributed by atoms with Gasteiger partial charge in [-0.2, -0.15) is 0 Å². The van der Waals surface area contributed by atoms with E-state index >= 15 is 0 Å². The van der Waals surface area contributed by atoms with Gasteiger partial charge in [0, 0.05) is 6.42 Å². The number of carboxylic acids is 1. The molecule has 2 rings (SSSR count). The Morgan fingerprint density at radius 2 is 2.11 bits per heavy atom. The molecule has 3 N–H and O–H groups in total. The summed E-state index contributed by atoms with van der Waals surface area (Å²) in [6, 6.07) is 8.17. The van der Waals surface area contributed by atoms with Crippen LogP contribution >= 0.6 is 0 Å². The Kier molecular flexibility index (Phi) is 4.52. The molecule has 0 aromatic heterocycles. The molecule has 0 unspecified atom stereocenters. The molecule has 1 heterocycles. The predicted octanol–water partition coefficient (Wildman–Crippen LogP) is 0.550. The minimum Gasteiger partial charge on any atom is -0.480 e. The highest BCUT2D eigenvalue weighted by atomic mass is 16.4. The first-order chi connectivity index (χ1) is 9.16. The molecule has 1 saturated heterocycles. The second kappa shape index (κ2) is 6.33. The van der Waals surface area contributed by atoms with Gasteiger partial charge < -0.3 is 15.7 Å². The molecule has 1 aliphatic rings. The van der Waals surface area contributed by atoms with Crippen molar-refractivity contribution in [3.05, 3.63) is 35.9 Å². The van der Waals surface area contributed by atoms with E-state index in [0.717, 1.165) is 24.9 Å². The van der Waals surface area contributed by atoms with Gasteiger partial charge in [-0.15, -0.1) is 0 Å². The Balaban J connectivity index is 1.96. The molecule has 19 heavy (non-hydrogen) atoms. The van der Waals surface area contributed by atoms with Crippen molar-refractivity contribution in [1.82, 2.24) is 10.6 Å². The standard InChI is InChI=1S/C14H18N2O3/c17-13(11-7-4-8-15-11)16-12(14(18)19)9-10-5-2-1-3-6-10/h1-3,5-6,11-12,15H,4,7-9H2,(H,16,17)(H,18,19)/t11-,12+/m0/s1. The lowest BCUT2D eigenvalue weighted by atomic mass is 10.1. The van der Waals surface area contributed by atoms with Gasteiger partial charge in [-0.3, -0.25) is 4.79 Å². The van der Waals surface area contributed by atoms with Crippen LogP contribution in [0.4, 0.5) is 0 Å². The van der Waals surface area contributed by atoms with E-state index in [0.29, 0.717) is 6.42 Å². The molecule has 1 aliphatic heterocycles. The summed E-state index contributed by atoms with van der Waals surface area (Å²) in [7, 11) is 0. The van der Waals surface area contributed by atoms with E-state index in [9.17, 15) is 14.7 Å². The van der Waals surface area contributed by atoms with Crippen molar-refractivity contribution in [3.8, 4) is 0 Å². The van der Waals surface area contributed by atoms with E-state index in [4.69, 9.17) is 0 Å². The van der Waals surface area contributed by atoms with Gasteiger partial charge in [-0.25, -0.2) is 4.79 Å². The molecule has 5 heteroatoms. The summed E-state index contributed by atoms with van der Waals surface area (Å²) in [4.78, 5) is 23.1. The van der Waals surface area contributed by atoms with Crippen LogP contribution in [0.1, 0.15) is 18.4 Å². The van der Waals surface area contributed by atoms with Gasteiger partial charge in [0.05, 0.1) is 6.04 Å². The van der Waals surface area contributed by atoms with E-state index in [1.54, 1.807) is 0 Å². The molecule has 1 aromatic rings. The summed E-state index contributed by atoms with van der Waals surface area (Å²) in [5.74, 6) is -1.23. The van der Waals surface area contributed by atoms with Crippen molar-refractivity contribution < 1.29 is 14.7 Å². The minimum absolute atomic E-state index is 0.221. The number of carbonyl (C=O) groups excluding carboxylic acids is 1. The number of rotatable bonds is 5. The zero-order valence-electron chi connectivity index (χ0n) is 10.6. The van der Waals surface area contributed by atoms with E-state index in [1.807, 2.05) is 30.3 Å². The lowest BCUT2D eigenvalue weighted by Crippen LogP contribution is -2.49. The molecular weight excluding hydrogens is 244 g/mol. The highest BCUT2D eigenvalue weighted by molar-refractivity contribution is 5.87. The molecule has 102 valence electrons. The normalized spacial score (nSPS) is 19.9. The van der Waals surface area contributed by atoms with Crippen LogP contribution in [-0.4, -0.2) is 35.6 Å². The van der Waals surface area contributed by atoms with Crippen molar-refractivity contribution in [2.24, 2.45) is 0 Å². The molecule has 1 fully saturated rings. The van der Waals surface area contributed by atoms with Gasteiger partial charge in [0.15, 0.2) is 0 Å². The van der Waals surface area contributed by atoms with Crippen molar-refractivity contribution in [2.75, 3.05) is 6.54 Å². The number of amides is 1. The van der Waals surface area contributed by atoms with Crippen molar-refractivity contribution in [3.63, 3.8) is 0 Å². The first-order valence-electron chi connectivity index (χ1n) is 6.47. The zero-order chi connectivity index (χ0) is 13.7. The number of nitrogens with one attached hydrogen (secondary N) is 2. The minimum atomic E-state index is -1.00. The van der Waals surface area contributed by atoms with Gasteiger partial charge in [0.2, 0.25) is 5.91 Å². The Hall–Kier alpha value is -1.88. The van der Waals surface area contributed by atoms with Crippen molar-refractivity contribution in [2.45, 2.75) is 31.3 Å². The first kappa shape index (κ1) is 13.5. The third kappa shape index (κ3) is 3.79. The van der Waals surface area contributed by atoms with Gasteiger partial charge >= 0.3 is 5.97 Å². The van der Waals surface area contributed by atoms with Crippen LogP contribution in [0.25, 0.3) is 0 Å². The average molecular weight is 262 g/mol. The third-order valence-electron chi connectivity index (χ3n) is 3.27. The smallest absolute Gasteiger partial charge is 0.326 e. The molecule has 0 aliphatic carbocycles. The average Bonchev–Trinajstić information content (AvgIpc) is 2.93. The Morgan fingerprint density at radius 3 is 2.68 bits per heavy atom. The van der Waals surface area contributed by atoms with Gasteiger partial charge in [0.1, 0.15) is 6.04 Å². The van der Waals surface area contributed by atoms with Crippen LogP contribution in [0.3, 0.4) is 0 Å². The molecule has 5 nitrogen and oxygen atoms in total. The molecule has 0 saturated carbocycles. The molecule has 0 spiro atoms. The quantitative estimate of drug-likeness (QED) is 0.724. The lowest BCUT2D eigenvalue weighted by molar-refractivity contribution is -0.142. The number of hydrogen-bond donors (Lipinski definition) is 3. The van der Waals surface area contributed by atoms with Crippen molar-refractivity contribution >= 4 is 11.9 Å². The number of hydrogen-bond acceptors (Lipinski definition) is 3. The SMILES string of the molecule is O=C(N[C@H](Cc1ccccc1)C(=O)O)[C@@H]1CCCN1. The number of aliphatic carboxylic acids is 1. The van der Waals surface area contributed by atoms with E-state index in [2.05, 4.69) is 10.6 Å². The van der Waals surface area contributed by atoms with E-state index in [-0.39, 0.29) is 11.9 Å². The molecule has 0 radical (unpaired) electrons. The lowest BCUT2D eigenvalue weighted by Gasteiger charge is -2.17. The van der Waals surface area contributed by atoms with E-state index in [1.165, 1.54) is 0 Å². The largest absolute Gasteiger partial charge is 0.480 e. The Bertz CT molecular complexity index is 441. The summed E-state index contributed by atoms with van der Waals surface area (Å²) < 4.78 is 0. The number of carbonyl (C=O) groups is 2. The Labute approximate surface area is 112 Å². The summed E-state index contributed by atoms with van der Waals surface area (Å²) in [6.07, 6.45) is 2.02. The molecule has 2 atom stereocenters. The monoisotopic (exact) mass is 262 g/mol. The maximum Gasteiger partial charge on any atom is 0.326 e. The van der Waals surface area contributed by atoms with Gasteiger partial charge in [-0.05, 0) is 24.9 Å². The second-order valence-corrected chi connectivity index (χ2v) is 4.74. The van der Waals surface area contributed by atoms with Crippen LogP contribution in [0.2, 0.25) is 0 Å². The van der Waals surface area contributed by atoms with Crippen LogP contribution in [-0.2, 0) is 16.0 Å². The molecule has 0 bridgehead atoms. The highest BCUT2D eigenvalue weighted by Gasteiger charge is 2.27. The summed E-state index contributed by atoms with van der Waals surface area (Å²) in [5.41, 5.74) is 0.898. The van der Waals surface area contributed by atoms with Crippen LogP contribution in [0, 0.1) is 0 Å². The fraction of sp³-hybridized carbons (Fsp3) is 0.429. The summed E-state index contributed by atoms with van der Waals surface area (Å²) >= 11 is 0. The second-order valence-electron chi connectivity index (χ2n) is 4.74. The maximum absolute atomic E-state index is 11.9. The first-order valence-corrected chi connectivity index (χ1v) is 6.47. The van der Waals surface area contributed by atoms with Crippen LogP contribution in [0.5, 0.6) is 0 Å². The topological polar surface area (TPSA) is 78.4 Å².